The van der Waals surface area contributed by atoms with E-state index in [1.165, 1.54) is 34.3 Å². The number of rotatable bonds is 9. The normalized spacial score (nSPS) is 17.9. The average molecular weight is 546 g/mol. The fourth-order valence-electron chi connectivity index (χ4n) is 6.03. The van der Waals surface area contributed by atoms with E-state index in [9.17, 15) is 9.18 Å². The zero-order chi connectivity index (χ0) is 28.1. The first-order valence-electron chi connectivity index (χ1n) is 14.8. The Bertz CT molecular complexity index is 1310. The number of benzene rings is 2. The summed E-state index contributed by atoms with van der Waals surface area (Å²) >= 11 is 0. The zero-order valence-corrected chi connectivity index (χ0v) is 24.4. The fourth-order valence-corrected chi connectivity index (χ4v) is 6.03. The van der Waals surface area contributed by atoms with Gasteiger partial charge in [0.15, 0.2) is 0 Å². The summed E-state index contributed by atoms with van der Waals surface area (Å²) in [7, 11) is 2.20. The van der Waals surface area contributed by atoms with Crippen LogP contribution in [0.2, 0.25) is 0 Å². The van der Waals surface area contributed by atoms with Crippen LogP contribution in [0.3, 0.4) is 0 Å². The van der Waals surface area contributed by atoms with Crippen molar-refractivity contribution in [2.45, 2.75) is 33.2 Å². The number of carbonyl (C=O) groups excluding carboxylic acids is 1. The van der Waals surface area contributed by atoms with E-state index in [2.05, 4.69) is 58.4 Å². The Hall–Kier alpha value is -3.00. The first-order valence-corrected chi connectivity index (χ1v) is 14.8. The minimum absolute atomic E-state index is 0.0844. The highest BCUT2D eigenvalue weighted by Crippen LogP contribution is 2.28. The summed E-state index contributed by atoms with van der Waals surface area (Å²) in [5.41, 5.74) is 6.02. The van der Waals surface area contributed by atoms with Crippen LogP contribution < -0.4 is 0 Å². The molecule has 0 spiro atoms. The van der Waals surface area contributed by atoms with Gasteiger partial charge in [0.05, 0.1) is 0 Å². The van der Waals surface area contributed by atoms with E-state index in [1.54, 1.807) is 6.08 Å². The Kier molecular flexibility index (Phi) is 9.35. The molecule has 40 heavy (non-hydrogen) atoms. The van der Waals surface area contributed by atoms with Gasteiger partial charge in [-0.15, -0.1) is 0 Å². The lowest BCUT2D eigenvalue weighted by Crippen LogP contribution is -2.48. The molecule has 0 unspecified atom stereocenters. The monoisotopic (exact) mass is 545 g/mol. The number of likely N-dealkylation sites (N-methyl/N-ethyl adjacent to an activating group) is 1. The Labute approximate surface area is 238 Å². The van der Waals surface area contributed by atoms with Gasteiger partial charge in [-0.05, 0) is 76.2 Å². The number of piperazine rings is 2. The van der Waals surface area contributed by atoms with E-state index in [4.69, 9.17) is 0 Å². The summed E-state index contributed by atoms with van der Waals surface area (Å²) in [6.07, 6.45) is 5.83. The molecule has 3 aromatic rings. The molecule has 2 aromatic carbocycles. The molecule has 7 heteroatoms. The topological polar surface area (TPSA) is 35.0 Å². The molecule has 0 saturated carbocycles. The molecule has 5 rings (SSSR count). The van der Waals surface area contributed by atoms with Gasteiger partial charge < -0.3 is 19.3 Å². The maximum atomic E-state index is 13.2. The Morgan fingerprint density at radius 1 is 0.850 bits per heavy atom. The Morgan fingerprint density at radius 2 is 1.52 bits per heavy atom. The summed E-state index contributed by atoms with van der Waals surface area (Å²) in [5, 5.41) is 1.23. The SMILES string of the molecule is Cc1ccc2c(c1)c(/C=C/C(=O)N1CCN(CCc3ccc(F)cc3)CC1)c(C)n2CCCN1CCN(C)CC1. The molecule has 0 bridgehead atoms. The number of nitrogens with zero attached hydrogens (tertiary/aromatic N) is 5. The van der Waals surface area contributed by atoms with Gasteiger partial charge in [-0.25, -0.2) is 4.39 Å². The van der Waals surface area contributed by atoms with Crippen LogP contribution in [-0.2, 0) is 17.8 Å². The quantitative estimate of drug-likeness (QED) is 0.373. The van der Waals surface area contributed by atoms with Crippen molar-refractivity contribution in [1.29, 1.82) is 0 Å². The summed E-state index contributed by atoms with van der Waals surface area (Å²) in [6.45, 7) is 15.2. The van der Waals surface area contributed by atoms with Gasteiger partial charge in [-0.3, -0.25) is 9.69 Å². The number of hydrogen-bond donors (Lipinski definition) is 0. The average Bonchev–Trinajstić information content (AvgIpc) is 3.22. The number of carbonyl (C=O) groups is 1. The molecular weight excluding hydrogens is 501 g/mol. The Balaban J connectivity index is 1.18. The number of amides is 1. The Morgan fingerprint density at radius 3 is 2.25 bits per heavy atom. The minimum atomic E-state index is -0.194. The van der Waals surface area contributed by atoms with Crippen LogP contribution in [0.4, 0.5) is 4.39 Å². The highest BCUT2D eigenvalue weighted by molar-refractivity contribution is 5.97. The molecule has 1 amide bonds. The highest BCUT2D eigenvalue weighted by atomic mass is 19.1. The summed E-state index contributed by atoms with van der Waals surface area (Å²) < 4.78 is 15.6. The van der Waals surface area contributed by atoms with Crippen LogP contribution in [0.25, 0.3) is 17.0 Å². The van der Waals surface area contributed by atoms with E-state index in [0.29, 0.717) is 0 Å². The van der Waals surface area contributed by atoms with E-state index in [-0.39, 0.29) is 11.7 Å². The summed E-state index contributed by atoms with van der Waals surface area (Å²) in [5.74, 6) is -0.110. The number of hydrogen-bond acceptors (Lipinski definition) is 4. The molecule has 2 fully saturated rings. The molecule has 1 aromatic heterocycles. The number of halogens is 1. The number of fused-ring (bicyclic) bond motifs is 1. The maximum absolute atomic E-state index is 13.2. The molecule has 0 radical (unpaired) electrons. The standard InChI is InChI=1S/C33H44FN5O/c1-26-5-11-32-31(25-26)30(27(2)39(32)15-4-14-36-19-17-35(3)18-20-36)10-12-33(40)38-23-21-37(22-24-38)16-13-28-6-8-29(34)9-7-28/h5-12,25H,4,13-24H2,1-3H3/b12-10+. The van der Waals surface area contributed by atoms with Crippen molar-refractivity contribution in [1.82, 2.24) is 24.2 Å². The van der Waals surface area contributed by atoms with Crippen LogP contribution in [0.1, 0.15) is 28.8 Å². The predicted octanol–water partition coefficient (Wildman–Crippen LogP) is 4.43. The second-order valence-electron chi connectivity index (χ2n) is 11.5. The third-order valence-corrected chi connectivity index (χ3v) is 8.69. The van der Waals surface area contributed by atoms with E-state index in [0.717, 1.165) is 96.0 Å². The molecule has 0 N–H and O–H groups in total. The van der Waals surface area contributed by atoms with Gasteiger partial charge in [0.1, 0.15) is 5.82 Å². The van der Waals surface area contributed by atoms with Crippen molar-refractivity contribution in [2.75, 3.05) is 72.5 Å². The molecule has 2 aliphatic rings. The summed E-state index contributed by atoms with van der Waals surface area (Å²) in [6, 6.07) is 13.4. The van der Waals surface area contributed by atoms with Crippen LogP contribution in [0.5, 0.6) is 0 Å². The number of aromatic nitrogens is 1. The van der Waals surface area contributed by atoms with Crippen molar-refractivity contribution in [3.8, 4) is 0 Å². The zero-order valence-electron chi connectivity index (χ0n) is 24.4. The first-order chi connectivity index (χ1) is 19.4. The van der Waals surface area contributed by atoms with E-state index >= 15 is 0 Å². The first kappa shape index (κ1) is 28.5. The lowest BCUT2D eigenvalue weighted by Gasteiger charge is -2.34. The van der Waals surface area contributed by atoms with Crippen LogP contribution in [-0.4, -0.2) is 103 Å². The molecular formula is C33H44FN5O. The lowest BCUT2D eigenvalue weighted by molar-refractivity contribution is -0.127. The predicted molar refractivity (Wildman–Crippen MR) is 162 cm³/mol. The second kappa shape index (κ2) is 13.1. The molecule has 2 aliphatic heterocycles. The third-order valence-electron chi connectivity index (χ3n) is 8.69. The summed E-state index contributed by atoms with van der Waals surface area (Å²) in [4.78, 5) is 22.5. The highest BCUT2D eigenvalue weighted by Gasteiger charge is 2.20. The molecule has 0 aliphatic carbocycles. The van der Waals surface area contributed by atoms with Crippen molar-refractivity contribution < 1.29 is 9.18 Å². The van der Waals surface area contributed by atoms with Crippen molar-refractivity contribution in [3.05, 3.63) is 76.7 Å². The van der Waals surface area contributed by atoms with Gasteiger partial charge in [-0.1, -0.05) is 23.8 Å². The number of aryl methyl sites for hydroxylation is 2. The largest absolute Gasteiger partial charge is 0.344 e. The molecule has 0 atom stereocenters. The van der Waals surface area contributed by atoms with Crippen LogP contribution >= 0.6 is 0 Å². The fraction of sp³-hybridized carbons (Fsp3) is 0.485. The van der Waals surface area contributed by atoms with Gasteiger partial charge >= 0.3 is 0 Å². The minimum Gasteiger partial charge on any atom is -0.344 e. The van der Waals surface area contributed by atoms with Gasteiger partial charge in [-0.2, -0.15) is 0 Å². The smallest absolute Gasteiger partial charge is 0.246 e. The van der Waals surface area contributed by atoms with Gasteiger partial charge in [0, 0.05) is 93.7 Å². The lowest BCUT2D eigenvalue weighted by atomic mass is 10.1. The van der Waals surface area contributed by atoms with Gasteiger partial charge in [0.2, 0.25) is 5.91 Å². The van der Waals surface area contributed by atoms with Gasteiger partial charge in [0.25, 0.3) is 0 Å². The molecule has 6 nitrogen and oxygen atoms in total. The van der Waals surface area contributed by atoms with Crippen LogP contribution in [0.15, 0.2) is 48.5 Å². The van der Waals surface area contributed by atoms with E-state index < -0.39 is 0 Å². The third kappa shape index (κ3) is 7.00. The maximum Gasteiger partial charge on any atom is 0.246 e. The van der Waals surface area contributed by atoms with Crippen LogP contribution in [0, 0.1) is 19.7 Å². The molecule has 214 valence electrons. The second-order valence-corrected chi connectivity index (χ2v) is 11.5. The molecule has 3 heterocycles. The van der Waals surface area contributed by atoms with E-state index in [1.807, 2.05) is 23.1 Å². The van der Waals surface area contributed by atoms with Crippen molar-refractivity contribution in [2.24, 2.45) is 0 Å². The van der Waals surface area contributed by atoms with Crippen molar-refractivity contribution >= 4 is 22.9 Å². The van der Waals surface area contributed by atoms with Crippen molar-refractivity contribution in [3.63, 3.8) is 0 Å². The molecule has 2 saturated heterocycles.